The molecular formula is C24H32ClNO2Si. The van der Waals surface area contributed by atoms with Gasteiger partial charge in [-0.2, -0.15) is 0 Å². The largest absolute Gasteiger partial charge is 0.417 e. The molecule has 1 aliphatic rings. The fourth-order valence-corrected chi connectivity index (χ4v) is 5.07. The molecule has 0 saturated carbocycles. The van der Waals surface area contributed by atoms with Crippen molar-refractivity contribution in [1.82, 2.24) is 4.90 Å². The third kappa shape index (κ3) is 4.16. The molecule has 0 saturated heterocycles. The molecule has 1 unspecified atom stereocenters. The van der Waals surface area contributed by atoms with Gasteiger partial charge in [0.05, 0.1) is 0 Å². The Bertz CT molecular complexity index is 863. The Morgan fingerprint density at radius 3 is 2.28 bits per heavy atom. The van der Waals surface area contributed by atoms with E-state index >= 15 is 0 Å². The minimum absolute atomic E-state index is 0.00441. The van der Waals surface area contributed by atoms with Crippen molar-refractivity contribution >= 4 is 25.8 Å². The van der Waals surface area contributed by atoms with Gasteiger partial charge in [0.2, 0.25) is 0 Å². The maximum absolute atomic E-state index is 13.2. The van der Waals surface area contributed by atoms with E-state index in [4.69, 9.17) is 16.0 Å². The molecule has 29 heavy (non-hydrogen) atoms. The molecule has 3 nitrogen and oxygen atoms in total. The van der Waals surface area contributed by atoms with E-state index in [1.165, 1.54) is 0 Å². The minimum Gasteiger partial charge on any atom is -0.417 e. The molecule has 3 rings (SSSR count). The molecule has 156 valence electrons. The van der Waals surface area contributed by atoms with Gasteiger partial charge >= 0.3 is 0 Å². The van der Waals surface area contributed by atoms with E-state index in [1.807, 2.05) is 59.5 Å². The highest BCUT2D eigenvalue weighted by Crippen LogP contribution is 2.47. The summed E-state index contributed by atoms with van der Waals surface area (Å²) in [5, 5.41) is 0.207. The highest BCUT2D eigenvalue weighted by Gasteiger charge is 2.49. The molecule has 1 atom stereocenters. The van der Waals surface area contributed by atoms with Crippen molar-refractivity contribution in [2.24, 2.45) is 0 Å². The Hall–Kier alpha value is -1.62. The molecule has 1 heterocycles. The van der Waals surface area contributed by atoms with Gasteiger partial charge in [0.1, 0.15) is 0 Å². The standard InChI is InChI=1S/C24H32ClNO2Si/c1-23(2,3)29(4,5)28-18-12-11-17-26-22(27)20-15-9-10-16-21(20)24(26,25)19-13-7-6-8-14-19/h6-10,13-16H,11-12,17-18H2,1-5H3. The number of unbranched alkanes of at least 4 members (excludes halogenated alkanes) is 1. The minimum atomic E-state index is -1.74. The van der Waals surface area contributed by atoms with Crippen LogP contribution in [-0.4, -0.2) is 32.3 Å². The number of alkyl halides is 1. The van der Waals surface area contributed by atoms with Crippen molar-refractivity contribution in [3.8, 4) is 0 Å². The Balaban J connectivity index is 1.72. The zero-order valence-electron chi connectivity index (χ0n) is 18.2. The van der Waals surface area contributed by atoms with Crippen molar-refractivity contribution in [2.75, 3.05) is 13.2 Å². The van der Waals surface area contributed by atoms with Crippen LogP contribution in [0.4, 0.5) is 0 Å². The van der Waals surface area contributed by atoms with Gasteiger partial charge in [-0.1, -0.05) is 80.9 Å². The Morgan fingerprint density at radius 1 is 1.00 bits per heavy atom. The van der Waals surface area contributed by atoms with Crippen LogP contribution < -0.4 is 0 Å². The van der Waals surface area contributed by atoms with Gasteiger partial charge in [-0.3, -0.25) is 4.79 Å². The first-order valence-corrected chi connectivity index (χ1v) is 13.7. The smallest absolute Gasteiger partial charge is 0.256 e. The van der Waals surface area contributed by atoms with Crippen LogP contribution in [0.3, 0.4) is 0 Å². The molecule has 0 aliphatic carbocycles. The maximum atomic E-state index is 13.2. The van der Waals surface area contributed by atoms with E-state index in [0.717, 1.165) is 30.6 Å². The fourth-order valence-electron chi connectivity index (χ4n) is 3.53. The third-order valence-corrected chi connectivity index (χ3v) is 11.5. The summed E-state index contributed by atoms with van der Waals surface area (Å²) in [7, 11) is -1.74. The molecule has 5 heteroatoms. The molecular weight excluding hydrogens is 398 g/mol. The van der Waals surface area contributed by atoms with E-state index in [0.29, 0.717) is 12.1 Å². The molecule has 0 fully saturated rings. The number of rotatable bonds is 7. The lowest BCUT2D eigenvalue weighted by Gasteiger charge is -2.36. The second-order valence-corrected chi connectivity index (χ2v) is 14.7. The number of amides is 1. The van der Waals surface area contributed by atoms with Crippen molar-refractivity contribution < 1.29 is 9.22 Å². The lowest BCUT2D eigenvalue weighted by atomic mass is 9.97. The zero-order chi connectivity index (χ0) is 21.3. The molecule has 0 radical (unpaired) electrons. The number of hydrogen-bond acceptors (Lipinski definition) is 2. The average molecular weight is 430 g/mol. The van der Waals surface area contributed by atoms with Crippen LogP contribution in [0.15, 0.2) is 54.6 Å². The van der Waals surface area contributed by atoms with Gasteiger partial charge in [0.15, 0.2) is 13.3 Å². The summed E-state index contributed by atoms with van der Waals surface area (Å²) in [5.41, 5.74) is 2.50. The van der Waals surface area contributed by atoms with E-state index in [2.05, 4.69) is 33.9 Å². The molecule has 0 spiro atoms. The number of carbonyl (C=O) groups excluding carboxylic acids is 1. The van der Waals surface area contributed by atoms with Gasteiger partial charge in [0.25, 0.3) is 5.91 Å². The van der Waals surface area contributed by atoms with Crippen molar-refractivity contribution in [1.29, 1.82) is 0 Å². The van der Waals surface area contributed by atoms with Crippen molar-refractivity contribution in [3.05, 3.63) is 71.3 Å². The first-order valence-electron chi connectivity index (χ1n) is 10.4. The number of halogens is 1. The molecule has 1 aliphatic heterocycles. The lowest BCUT2D eigenvalue weighted by molar-refractivity contribution is 0.0711. The first kappa shape index (κ1) is 22.1. The van der Waals surface area contributed by atoms with Crippen LogP contribution >= 0.6 is 11.6 Å². The van der Waals surface area contributed by atoms with Gasteiger partial charge in [-0.05, 0) is 42.6 Å². The first-order chi connectivity index (χ1) is 13.6. The topological polar surface area (TPSA) is 29.5 Å². The summed E-state index contributed by atoms with van der Waals surface area (Å²) >= 11 is 7.21. The van der Waals surface area contributed by atoms with Gasteiger partial charge < -0.3 is 9.33 Å². The summed E-state index contributed by atoms with van der Waals surface area (Å²) in [4.78, 5) is 14.0. The SMILES string of the molecule is CC(C)(C)[Si](C)(C)OCCCCN1C(=O)c2ccccc2C1(Cl)c1ccccc1. The second kappa shape index (κ2) is 8.25. The number of fused-ring (bicyclic) bond motifs is 1. The van der Waals surface area contributed by atoms with Crippen LogP contribution in [0.25, 0.3) is 0 Å². The highest BCUT2D eigenvalue weighted by atomic mass is 35.5. The predicted octanol–water partition coefficient (Wildman–Crippen LogP) is 6.38. The summed E-state index contributed by atoms with van der Waals surface area (Å²) in [5.74, 6) is 0.00441. The van der Waals surface area contributed by atoms with Crippen molar-refractivity contribution in [2.45, 2.75) is 56.7 Å². The van der Waals surface area contributed by atoms with E-state index < -0.39 is 13.3 Å². The van der Waals surface area contributed by atoms with E-state index in [-0.39, 0.29) is 10.9 Å². The summed E-state index contributed by atoms with van der Waals surface area (Å²) in [6.07, 6.45) is 1.77. The molecule has 0 aromatic heterocycles. The monoisotopic (exact) mass is 429 g/mol. The molecule has 0 N–H and O–H groups in total. The number of carbonyl (C=O) groups is 1. The fraction of sp³-hybridized carbons (Fsp3) is 0.458. The summed E-state index contributed by atoms with van der Waals surface area (Å²) in [6, 6.07) is 17.6. The average Bonchev–Trinajstić information content (AvgIpc) is 2.90. The third-order valence-electron chi connectivity index (χ3n) is 6.33. The molecule has 2 aromatic rings. The van der Waals surface area contributed by atoms with Crippen LogP contribution in [0, 0.1) is 0 Å². The highest BCUT2D eigenvalue weighted by molar-refractivity contribution is 6.74. The van der Waals surface area contributed by atoms with Crippen molar-refractivity contribution in [3.63, 3.8) is 0 Å². The molecule has 1 amide bonds. The number of benzene rings is 2. The van der Waals surface area contributed by atoms with Crippen LogP contribution in [0.1, 0.15) is 55.1 Å². The maximum Gasteiger partial charge on any atom is 0.256 e. The second-order valence-electron chi connectivity index (χ2n) is 9.31. The summed E-state index contributed by atoms with van der Waals surface area (Å²) < 4.78 is 6.29. The quantitative estimate of drug-likeness (QED) is 0.221. The Morgan fingerprint density at radius 2 is 1.62 bits per heavy atom. The van der Waals surface area contributed by atoms with Gasteiger partial charge in [0, 0.05) is 24.3 Å². The normalized spacial score (nSPS) is 19.5. The molecule has 2 aromatic carbocycles. The Labute approximate surface area is 181 Å². The number of nitrogens with zero attached hydrogens (tertiary/aromatic N) is 1. The zero-order valence-corrected chi connectivity index (χ0v) is 19.9. The van der Waals surface area contributed by atoms with Crippen LogP contribution in [-0.2, 0) is 9.42 Å². The number of hydrogen-bond donors (Lipinski definition) is 0. The predicted molar refractivity (Wildman–Crippen MR) is 123 cm³/mol. The molecule has 0 bridgehead atoms. The summed E-state index contributed by atoms with van der Waals surface area (Å²) in [6.45, 7) is 12.6. The van der Waals surface area contributed by atoms with Crippen LogP contribution in [0.5, 0.6) is 0 Å². The van der Waals surface area contributed by atoms with E-state index in [9.17, 15) is 4.79 Å². The lowest BCUT2D eigenvalue weighted by Crippen LogP contribution is -2.42. The van der Waals surface area contributed by atoms with Gasteiger partial charge in [-0.15, -0.1) is 0 Å². The Kier molecular flexibility index (Phi) is 6.28. The van der Waals surface area contributed by atoms with E-state index in [1.54, 1.807) is 0 Å². The van der Waals surface area contributed by atoms with Crippen LogP contribution in [0.2, 0.25) is 18.1 Å². The van der Waals surface area contributed by atoms with Gasteiger partial charge in [-0.25, -0.2) is 0 Å².